The molecule has 0 saturated carbocycles. The first-order valence-electron chi connectivity index (χ1n) is 11.6. The van der Waals surface area contributed by atoms with Gasteiger partial charge in [0.2, 0.25) is 0 Å². The molecule has 1 N–H and O–H groups in total. The molecule has 0 unspecified atom stereocenters. The second kappa shape index (κ2) is 12.4. The van der Waals surface area contributed by atoms with Crippen molar-refractivity contribution in [1.29, 1.82) is 0 Å². The summed E-state index contributed by atoms with van der Waals surface area (Å²) in [5.41, 5.74) is 0.741. The zero-order valence-corrected chi connectivity index (χ0v) is 22.5. The van der Waals surface area contributed by atoms with Crippen LogP contribution in [0.2, 0.25) is 0 Å². The molecule has 0 aliphatic heterocycles. The maximum atomic E-state index is 13.0. The van der Waals surface area contributed by atoms with E-state index in [-0.39, 0.29) is 0 Å². The van der Waals surface area contributed by atoms with Crippen molar-refractivity contribution < 1.29 is 38.0 Å². The summed E-state index contributed by atoms with van der Waals surface area (Å²) in [6, 6.07) is 9.86. The monoisotopic (exact) mass is 503 g/mol. The Morgan fingerprint density at radius 2 is 1.25 bits per heavy atom. The first kappa shape index (κ1) is 28.6. The van der Waals surface area contributed by atoms with Gasteiger partial charge in [0, 0.05) is 11.1 Å². The van der Waals surface area contributed by atoms with E-state index in [0.29, 0.717) is 23.0 Å². The molecule has 0 saturated heterocycles. The van der Waals surface area contributed by atoms with Gasteiger partial charge in [0.15, 0.2) is 0 Å². The number of esters is 1. The van der Waals surface area contributed by atoms with Gasteiger partial charge in [0.1, 0.15) is 40.7 Å². The van der Waals surface area contributed by atoms with E-state index < -0.39 is 35.7 Å². The Morgan fingerprint density at radius 1 is 0.778 bits per heavy atom. The maximum absolute atomic E-state index is 13.0. The van der Waals surface area contributed by atoms with Gasteiger partial charge in [0.05, 0.1) is 34.4 Å². The number of amides is 1. The summed E-state index contributed by atoms with van der Waals surface area (Å²) in [6.07, 6.45) is -1.41. The van der Waals surface area contributed by atoms with E-state index in [9.17, 15) is 9.59 Å². The highest BCUT2D eigenvalue weighted by Crippen LogP contribution is 2.42. The average molecular weight is 504 g/mol. The number of rotatable bonds is 10. The number of methoxy groups -OCH3 is 4. The van der Waals surface area contributed by atoms with Crippen LogP contribution in [0.5, 0.6) is 23.0 Å². The van der Waals surface area contributed by atoms with Crippen LogP contribution in [-0.2, 0) is 14.3 Å². The van der Waals surface area contributed by atoms with E-state index in [4.69, 9.17) is 28.4 Å². The number of carbonyl (C=O) groups is 2. The molecule has 1 amide bonds. The number of nitrogens with one attached hydrogen (secondary N) is 1. The van der Waals surface area contributed by atoms with E-state index in [2.05, 4.69) is 5.32 Å². The second-order valence-electron chi connectivity index (χ2n) is 9.20. The highest BCUT2D eigenvalue weighted by atomic mass is 16.6. The Kier molecular flexibility index (Phi) is 9.84. The molecule has 0 aliphatic rings. The number of ether oxygens (including phenoxy) is 6. The smallest absolute Gasteiger partial charge is 0.408 e. The molecule has 36 heavy (non-hydrogen) atoms. The van der Waals surface area contributed by atoms with Crippen molar-refractivity contribution in [3.05, 3.63) is 47.5 Å². The highest BCUT2D eigenvalue weighted by Gasteiger charge is 2.32. The summed E-state index contributed by atoms with van der Waals surface area (Å²) in [4.78, 5) is 25.1. The van der Waals surface area contributed by atoms with Gasteiger partial charge in [-0.05, 0) is 71.0 Å². The quantitative estimate of drug-likeness (QED) is 0.466. The van der Waals surface area contributed by atoms with Crippen LogP contribution >= 0.6 is 0 Å². The molecule has 0 aromatic heterocycles. The lowest BCUT2D eigenvalue weighted by Gasteiger charge is -2.29. The lowest BCUT2D eigenvalue weighted by atomic mass is 9.85. The predicted octanol–water partition coefficient (Wildman–Crippen LogP) is 4.70. The summed E-state index contributed by atoms with van der Waals surface area (Å²) >= 11 is 0. The Labute approximate surface area is 213 Å². The Morgan fingerprint density at radius 3 is 1.64 bits per heavy atom. The number of benzene rings is 2. The molecule has 0 spiro atoms. The Hall–Kier alpha value is -3.62. The van der Waals surface area contributed by atoms with Gasteiger partial charge >= 0.3 is 12.1 Å². The summed E-state index contributed by atoms with van der Waals surface area (Å²) in [6.45, 7) is 8.52. The zero-order chi connectivity index (χ0) is 27.0. The van der Waals surface area contributed by atoms with Crippen molar-refractivity contribution in [2.75, 3.05) is 28.4 Å². The highest BCUT2D eigenvalue weighted by molar-refractivity contribution is 5.81. The van der Waals surface area contributed by atoms with Crippen molar-refractivity contribution in [2.24, 2.45) is 0 Å². The van der Waals surface area contributed by atoms with Crippen LogP contribution < -0.4 is 24.3 Å². The summed E-state index contributed by atoms with van der Waals surface area (Å²) < 4.78 is 33.3. The topological polar surface area (TPSA) is 102 Å². The van der Waals surface area contributed by atoms with Gasteiger partial charge in [-0.2, -0.15) is 0 Å². The molecule has 9 heteroatoms. The predicted molar refractivity (Wildman–Crippen MR) is 135 cm³/mol. The van der Waals surface area contributed by atoms with Crippen molar-refractivity contribution in [3.8, 4) is 23.0 Å². The fourth-order valence-electron chi connectivity index (χ4n) is 3.73. The molecular formula is C27H37NO8. The number of alkyl carbamates (subject to hydrolysis) is 1. The SMILES string of the molecule is COc1ccc(OC)c(C(c2cc(OC)ccc2OC)[C@H](C)OC(=O)[C@H](C)NC(=O)OC(C)(C)C)c1. The molecule has 2 aromatic carbocycles. The summed E-state index contributed by atoms with van der Waals surface area (Å²) in [5.74, 6) is 1.22. The zero-order valence-electron chi connectivity index (χ0n) is 22.5. The molecule has 0 heterocycles. The van der Waals surface area contributed by atoms with Crippen molar-refractivity contribution in [2.45, 2.75) is 58.3 Å². The summed E-state index contributed by atoms with van der Waals surface area (Å²) in [7, 11) is 6.27. The number of hydrogen-bond donors (Lipinski definition) is 1. The van der Waals surface area contributed by atoms with Crippen LogP contribution in [-0.4, -0.2) is 58.2 Å². The largest absolute Gasteiger partial charge is 0.497 e. The Balaban J connectivity index is 2.48. The van der Waals surface area contributed by atoms with Crippen LogP contribution in [0.25, 0.3) is 0 Å². The normalized spacial score (nSPS) is 12.8. The fraction of sp³-hybridized carbons (Fsp3) is 0.481. The van der Waals surface area contributed by atoms with Gasteiger partial charge < -0.3 is 33.7 Å². The first-order valence-corrected chi connectivity index (χ1v) is 11.6. The van der Waals surface area contributed by atoms with Gasteiger partial charge in [-0.25, -0.2) is 9.59 Å². The minimum absolute atomic E-state index is 0.530. The average Bonchev–Trinajstić information content (AvgIpc) is 2.82. The lowest BCUT2D eigenvalue weighted by Crippen LogP contribution is -2.43. The third kappa shape index (κ3) is 7.44. The van der Waals surface area contributed by atoms with E-state index >= 15 is 0 Å². The van der Waals surface area contributed by atoms with Crippen LogP contribution in [0.3, 0.4) is 0 Å². The van der Waals surface area contributed by atoms with Crippen LogP contribution in [0.1, 0.15) is 51.7 Å². The van der Waals surface area contributed by atoms with Gasteiger partial charge in [-0.15, -0.1) is 0 Å². The molecule has 0 bridgehead atoms. The Bertz CT molecular complexity index is 991. The van der Waals surface area contributed by atoms with E-state index in [1.165, 1.54) is 6.92 Å². The molecule has 2 atom stereocenters. The van der Waals surface area contributed by atoms with Crippen LogP contribution in [0.15, 0.2) is 36.4 Å². The molecule has 9 nitrogen and oxygen atoms in total. The standard InChI is InChI=1S/C27H37NO8/c1-16(28-26(30)36-27(3,4)5)25(29)35-17(2)24(20-14-18(31-6)10-12-22(20)33-8)21-15-19(32-7)11-13-23(21)34-9/h10-17,24H,1-9H3,(H,28,30)/t16-,17-/m0/s1. The third-order valence-corrected chi connectivity index (χ3v) is 5.40. The minimum atomic E-state index is -0.942. The van der Waals surface area contributed by atoms with Gasteiger partial charge in [-0.3, -0.25) is 0 Å². The van der Waals surface area contributed by atoms with E-state index in [1.807, 2.05) is 12.1 Å². The molecule has 2 rings (SSSR count). The first-order chi connectivity index (χ1) is 16.9. The van der Waals surface area contributed by atoms with Crippen LogP contribution in [0, 0.1) is 0 Å². The van der Waals surface area contributed by atoms with Crippen molar-refractivity contribution >= 4 is 12.1 Å². The van der Waals surface area contributed by atoms with Gasteiger partial charge in [0.25, 0.3) is 0 Å². The van der Waals surface area contributed by atoms with Crippen LogP contribution in [0.4, 0.5) is 4.79 Å². The fourth-order valence-corrected chi connectivity index (χ4v) is 3.73. The molecular weight excluding hydrogens is 466 g/mol. The molecule has 0 fully saturated rings. The summed E-state index contributed by atoms with van der Waals surface area (Å²) in [5, 5.41) is 2.52. The van der Waals surface area contributed by atoms with E-state index in [1.54, 1.807) is 80.4 Å². The maximum Gasteiger partial charge on any atom is 0.408 e. The third-order valence-electron chi connectivity index (χ3n) is 5.40. The number of carbonyl (C=O) groups excluding carboxylic acids is 2. The number of hydrogen-bond acceptors (Lipinski definition) is 8. The molecule has 0 radical (unpaired) electrons. The van der Waals surface area contributed by atoms with Crippen molar-refractivity contribution in [1.82, 2.24) is 5.32 Å². The molecule has 198 valence electrons. The molecule has 0 aliphatic carbocycles. The van der Waals surface area contributed by atoms with E-state index in [0.717, 1.165) is 11.1 Å². The molecule has 2 aromatic rings. The van der Waals surface area contributed by atoms with Gasteiger partial charge in [-0.1, -0.05) is 0 Å². The minimum Gasteiger partial charge on any atom is -0.497 e. The van der Waals surface area contributed by atoms with Crippen molar-refractivity contribution in [3.63, 3.8) is 0 Å². The second-order valence-corrected chi connectivity index (χ2v) is 9.20. The lowest BCUT2D eigenvalue weighted by molar-refractivity contribution is -0.151.